The molecular weight excluding hydrogens is 292 g/mol. The van der Waals surface area contributed by atoms with Crippen molar-refractivity contribution in [2.24, 2.45) is 11.7 Å². The highest BCUT2D eigenvalue weighted by atomic mass is 16.5. The summed E-state index contributed by atoms with van der Waals surface area (Å²) in [6, 6.07) is 6.08. The van der Waals surface area contributed by atoms with E-state index in [1.165, 1.54) is 0 Å². The standard InChI is InChI=1S/C18H28N2O3/c1-13-3-4-14(2)17(9-13)23-12-16(21)11-20-7-5-15(6-8-20)10-18(19)22/h3-4,9,15-16,21H,5-8,10-12H2,1-2H3,(H2,19,22)/t16-/m0/s1. The molecule has 23 heavy (non-hydrogen) atoms. The lowest BCUT2D eigenvalue weighted by molar-refractivity contribution is -0.119. The van der Waals surface area contributed by atoms with Crippen LogP contribution >= 0.6 is 0 Å². The molecule has 1 aromatic rings. The van der Waals surface area contributed by atoms with Gasteiger partial charge in [-0.05, 0) is 62.9 Å². The Morgan fingerprint density at radius 1 is 1.39 bits per heavy atom. The second kappa shape index (κ2) is 8.31. The van der Waals surface area contributed by atoms with Crippen LogP contribution in [0.2, 0.25) is 0 Å². The SMILES string of the molecule is Cc1ccc(C)c(OC[C@@H](O)CN2CCC(CC(N)=O)CC2)c1. The summed E-state index contributed by atoms with van der Waals surface area (Å²) < 4.78 is 5.76. The predicted octanol–water partition coefficient (Wildman–Crippen LogP) is 1.63. The van der Waals surface area contributed by atoms with Crippen LogP contribution in [0.5, 0.6) is 5.75 Å². The van der Waals surface area contributed by atoms with E-state index >= 15 is 0 Å². The molecule has 2 rings (SSSR count). The van der Waals surface area contributed by atoms with E-state index in [-0.39, 0.29) is 5.91 Å². The van der Waals surface area contributed by atoms with Crippen molar-refractivity contribution < 1.29 is 14.6 Å². The largest absolute Gasteiger partial charge is 0.491 e. The van der Waals surface area contributed by atoms with Gasteiger partial charge in [0, 0.05) is 13.0 Å². The van der Waals surface area contributed by atoms with E-state index in [4.69, 9.17) is 10.5 Å². The van der Waals surface area contributed by atoms with E-state index in [0.717, 1.165) is 42.8 Å². The van der Waals surface area contributed by atoms with Crippen molar-refractivity contribution >= 4 is 5.91 Å². The van der Waals surface area contributed by atoms with Crippen LogP contribution in [0.3, 0.4) is 0 Å². The fourth-order valence-corrected chi connectivity index (χ4v) is 3.06. The summed E-state index contributed by atoms with van der Waals surface area (Å²) >= 11 is 0. The van der Waals surface area contributed by atoms with E-state index in [1.807, 2.05) is 26.0 Å². The lowest BCUT2D eigenvalue weighted by atomic mass is 9.93. The van der Waals surface area contributed by atoms with Gasteiger partial charge in [-0.25, -0.2) is 0 Å². The molecule has 128 valence electrons. The molecule has 0 bridgehead atoms. The number of amides is 1. The zero-order valence-electron chi connectivity index (χ0n) is 14.1. The van der Waals surface area contributed by atoms with Gasteiger partial charge in [0.15, 0.2) is 0 Å². The van der Waals surface area contributed by atoms with Crippen molar-refractivity contribution in [1.29, 1.82) is 0 Å². The van der Waals surface area contributed by atoms with Crippen LogP contribution < -0.4 is 10.5 Å². The quantitative estimate of drug-likeness (QED) is 0.801. The Labute approximate surface area is 138 Å². The Morgan fingerprint density at radius 2 is 2.09 bits per heavy atom. The molecule has 3 N–H and O–H groups in total. The normalized spacial score (nSPS) is 17.9. The van der Waals surface area contributed by atoms with Gasteiger partial charge in [0.05, 0.1) is 0 Å². The monoisotopic (exact) mass is 320 g/mol. The van der Waals surface area contributed by atoms with Crippen molar-refractivity contribution in [2.75, 3.05) is 26.2 Å². The van der Waals surface area contributed by atoms with Gasteiger partial charge in [-0.2, -0.15) is 0 Å². The third-order valence-corrected chi connectivity index (χ3v) is 4.44. The number of β-amino-alcohol motifs (C(OH)–C–C–N with tert-alkyl or cyclic N) is 1. The molecule has 0 unspecified atom stereocenters. The number of nitrogens with zero attached hydrogens (tertiary/aromatic N) is 1. The average Bonchev–Trinajstić information content (AvgIpc) is 2.50. The van der Waals surface area contributed by atoms with Crippen LogP contribution in [0.1, 0.15) is 30.4 Å². The summed E-state index contributed by atoms with van der Waals surface area (Å²) in [5, 5.41) is 10.2. The molecule has 5 nitrogen and oxygen atoms in total. The number of primary amides is 1. The number of nitrogens with two attached hydrogens (primary N) is 1. The van der Waals surface area contributed by atoms with Crippen LogP contribution in [0.25, 0.3) is 0 Å². The summed E-state index contributed by atoms with van der Waals surface area (Å²) in [5.74, 6) is 1.02. The first-order valence-electron chi connectivity index (χ1n) is 8.33. The Morgan fingerprint density at radius 3 is 2.74 bits per heavy atom. The number of hydrogen-bond donors (Lipinski definition) is 2. The average molecular weight is 320 g/mol. The topological polar surface area (TPSA) is 75.8 Å². The van der Waals surface area contributed by atoms with Crippen LogP contribution in [-0.2, 0) is 4.79 Å². The zero-order valence-corrected chi connectivity index (χ0v) is 14.1. The molecule has 0 radical (unpaired) electrons. The first-order chi connectivity index (χ1) is 10.9. The van der Waals surface area contributed by atoms with Gasteiger partial charge in [-0.15, -0.1) is 0 Å². The fraction of sp³-hybridized carbons (Fsp3) is 0.611. The molecule has 1 aliphatic rings. The summed E-state index contributed by atoms with van der Waals surface area (Å²) in [7, 11) is 0. The maximum Gasteiger partial charge on any atom is 0.217 e. The van der Waals surface area contributed by atoms with Gasteiger partial charge in [0.2, 0.25) is 5.91 Å². The lowest BCUT2D eigenvalue weighted by Gasteiger charge is -2.32. The Bertz CT molecular complexity index is 525. The molecule has 1 amide bonds. The van der Waals surface area contributed by atoms with Crippen LogP contribution in [0.15, 0.2) is 18.2 Å². The third-order valence-electron chi connectivity index (χ3n) is 4.44. The fourth-order valence-electron chi connectivity index (χ4n) is 3.06. The number of ether oxygens (including phenoxy) is 1. The van der Waals surface area contributed by atoms with Crippen LogP contribution in [0.4, 0.5) is 0 Å². The minimum atomic E-state index is -0.511. The highest BCUT2D eigenvalue weighted by Gasteiger charge is 2.22. The Hall–Kier alpha value is -1.59. The molecule has 1 aliphatic heterocycles. The Balaban J connectivity index is 1.72. The second-order valence-electron chi connectivity index (χ2n) is 6.65. The molecule has 0 aliphatic carbocycles. The van der Waals surface area contributed by atoms with Gasteiger partial charge < -0.3 is 20.5 Å². The highest BCUT2D eigenvalue weighted by Crippen LogP contribution is 2.21. The summed E-state index contributed by atoms with van der Waals surface area (Å²) in [6.45, 7) is 6.74. The first kappa shape index (κ1) is 17.8. The zero-order chi connectivity index (χ0) is 16.8. The molecule has 0 spiro atoms. The number of hydrogen-bond acceptors (Lipinski definition) is 4. The van der Waals surface area contributed by atoms with Gasteiger partial charge in [0.25, 0.3) is 0 Å². The number of aliphatic hydroxyl groups excluding tert-OH is 1. The second-order valence-corrected chi connectivity index (χ2v) is 6.65. The van der Waals surface area contributed by atoms with Gasteiger partial charge in [-0.1, -0.05) is 12.1 Å². The number of likely N-dealkylation sites (tertiary alicyclic amines) is 1. The van der Waals surface area contributed by atoms with Crippen molar-refractivity contribution in [3.63, 3.8) is 0 Å². The molecule has 1 fully saturated rings. The molecule has 0 aromatic heterocycles. The number of aliphatic hydroxyl groups is 1. The number of carbonyl (C=O) groups excluding carboxylic acids is 1. The van der Waals surface area contributed by atoms with E-state index in [1.54, 1.807) is 0 Å². The molecular formula is C18H28N2O3. The number of benzene rings is 1. The molecule has 0 saturated carbocycles. The van der Waals surface area contributed by atoms with Crippen molar-refractivity contribution in [2.45, 2.75) is 39.2 Å². The van der Waals surface area contributed by atoms with E-state index in [2.05, 4.69) is 11.0 Å². The smallest absolute Gasteiger partial charge is 0.217 e. The molecule has 1 heterocycles. The van der Waals surface area contributed by atoms with Crippen molar-refractivity contribution in [3.8, 4) is 5.75 Å². The van der Waals surface area contributed by atoms with Crippen molar-refractivity contribution in [1.82, 2.24) is 4.90 Å². The minimum absolute atomic E-state index is 0.217. The van der Waals surface area contributed by atoms with Crippen LogP contribution in [-0.4, -0.2) is 48.3 Å². The van der Waals surface area contributed by atoms with Gasteiger partial charge in [0.1, 0.15) is 18.5 Å². The molecule has 1 saturated heterocycles. The van der Waals surface area contributed by atoms with Crippen LogP contribution in [0, 0.1) is 19.8 Å². The van der Waals surface area contributed by atoms with E-state index in [0.29, 0.717) is 25.5 Å². The maximum atomic E-state index is 11.0. The number of carbonyl (C=O) groups is 1. The summed E-state index contributed by atoms with van der Waals surface area (Å²) in [5.41, 5.74) is 7.48. The molecule has 1 atom stereocenters. The predicted molar refractivity (Wildman–Crippen MR) is 90.4 cm³/mol. The highest BCUT2D eigenvalue weighted by molar-refractivity contribution is 5.73. The minimum Gasteiger partial charge on any atom is -0.491 e. The summed E-state index contributed by atoms with van der Waals surface area (Å²) in [4.78, 5) is 13.2. The molecule has 1 aromatic carbocycles. The van der Waals surface area contributed by atoms with Gasteiger partial charge in [-0.3, -0.25) is 4.79 Å². The summed E-state index contributed by atoms with van der Waals surface area (Å²) in [6.07, 6.45) is 1.90. The van der Waals surface area contributed by atoms with Crippen molar-refractivity contribution in [3.05, 3.63) is 29.3 Å². The van der Waals surface area contributed by atoms with E-state index in [9.17, 15) is 9.90 Å². The number of rotatable bonds is 7. The Kier molecular flexibility index (Phi) is 6.42. The number of piperidine rings is 1. The molecule has 5 heteroatoms. The first-order valence-corrected chi connectivity index (χ1v) is 8.33. The number of aryl methyl sites for hydroxylation is 2. The van der Waals surface area contributed by atoms with Gasteiger partial charge >= 0.3 is 0 Å². The third kappa shape index (κ3) is 5.84. The lowest BCUT2D eigenvalue weighted by Crippen LogP contribution is -2.41. The maximum absolute atomic E-state index is 11.0. The van der Waals surface area contributed by atoms with E-state index < -0.39 is 6.10 Å².